The first-order chi connectivity index (χ1) is 13.2. The Labute approximate surface area is 161 Å². The van der Waals surface area contributed by atoms with Crippen LogP contribution in [0.4, 0.5) is 19.0 Å². The lowest BCUT2D eigenvalue weighted by atomic mass is 10.1. The Morgan fingerprint density at radius 3 is 2.43 bits per heavy atom. The number of hydrogen-bond donors (Lipinski definition) is 1. The number of rotatable bonds is 6. The number of nitrogens with one attached hydrogen (secondary N) is 1. The van der Waals surface area contributed by atoms with Gasteiger partial charge in [-0.3, -0.25) is 0 Å². The molecule has 0 bridgehead atoms. The molecule has 152 valence electrons. The zero-order valence-electron chi connectivity index (χ0n) is 15.1. The van der Waals surface area contributed by atoms with E-state index in [1.54, 1.807) is 0 Å². The minimum Gasteiger partial charge on any atom is -0.367 e. The number of aromatic nitrogens is 2. The summed E-state index contributed by atoms with van der Waals surface area (Å²) in [6, 6.07) is 10.1. The number of halogens is 3. The predicted molar refractivity (Wildman–Crippen MR) is 99.2 cm³/mol. The van der Waals surface area contributed by atoms with Gasteiger partial charge < -0.3 is 5.32 Å². The molecule has 0 spiro atoms. The predicted octanol–water partition coefficient (Wildman–Crippen LogP) is 2.94. The van der Waals surface area contributed by atoms with Crippen molar-refractivity contribution in [1.82, 2.24) is 14.3 Å². The first-order valence-electron chi connectivity index (χ1n) is 8.91. The highest BCUT2D eigenvalue weighted by atomic mass is 32.2. The van der Waals surface area contributed by atoms with Crippen molar-refractivity contribution in [3.63, 3.8) is 0 Å². The number of anilines is 1. The van der Waals surface area contributed by atoms with Crippen molar-refractivity contribution in [2.75, 3.05) is 24.2 Å². The standard InChI is InChI=1S/C18H21F3N4O2S/c19-18(20,21)16-12-17(23-13-22-16)24-15-6-9-25(10-7-15)28(26,27)11-8-14-4-2-1-3-5-14/h1-5,12-13,15H,6-11H2,(H,22,23,24). The minimum atomic E-state index is -4.53. The van der Waals surface area contributed by atoms with Crippen LogP contribution in [0.1, 0.15) is 24.1 Å². The molecule has 10 heteroatoms. The Balaban J connectivity index is 1.53. The fourth-order valence-electron chi connectivity index (χ4n) is 3.10. The fourth-order valence-corrected chi connectivity index (χ4v) is 4.62. The molecule has 6 nitrogen and oxygen atoms in total. The smallest absolute Gasteiger partial charge is 0.367 e. The lowest BCUT2D eigenvalue weighted by molar-refractivity contribution is -0.141. The van der Waals surface area contributed by atoms with Gasteiger partial charge in [0.2, 0.25) is 10.0 Å². The van der Waals surface area contributed by atoms with Gasteiger partial charge in [-0.05, 0) is 24.8 Å². The van der Waals surface area contributed by atoms with Gasteiger partial charge in [0.15, 0.2) is 0 Å². The maximum Gasteiger partial charge on any atom is 0.433 e. The van der Waals surface area contributed by atoms with Crippen molar-refractivity contribution >= 4 is 15.8 Å². The van der Waals surface area contributed by atoms with E-state index in [1.807, 2.05) is 30.3 Å². The lowest BCUT2D eigenvalue weighted by Crippen LogP contribution is -2.43. The summed E-state index contributed by atoms with van der Waals surface area (Å²) in [5.74, 6) is 0.128. The van der Waals surface area contributed by atoms with Crippen LogP contribution >= 0.6 is 0 Å². The van der Waals surface area contributed by atoms with Gasteiger partial charge in [-0.1, -0.05) is 30.3 Å². The number of alkyl halides is 3. The molecule has 3 rings (SSSR count). The number of sulfonamides is 1. The summed E-state index contributed by atoms with van der Waals surface area (Å²) in [5.41, 5.74) is -0.0437. The molecule has 0 radical (unpaired) electrons. The van der Waals surface area contributed by atoms with Gasteiger partial charge in [0.1, 0.15) is 17.8 Å². The molecule has 1 saturated heterocycles. The summed E-state index contributed by atoms with van der Waals surface area (Å²) < 4.78 is 64.7. The zero-order chi connectivity index (χ0) is 20.2. The van der Waals surface area contributed by atoms with Crippen LogP contribution in [0.25, 0.3) is 0 Å². The van der Waals surface area contributed by atoms with Crippen molar-refractivity contribution in [2.24, 2.45) is 0 Å². The summed E-state index contributed by atoms with van der Waals surface area (Å²) >= 11 is 0. The van der Waals surface area contributed by atoms with Crippen molar-refractivity contribution in [2.45, 2.75) is 31.5 Å². The molecule has 1 aliphatic rings. The number of hydrogen-bond acceptors (Lipinski definition) is 5. The molecule has 1 N–H and O–H groups in total. The number of aryl methyl sites for hydroxylation is 1. The Morgan fingerprint density at radius 1 is 1.11 bits per heavy atom. The second-order valence-corrected chi connectivity index (χ2v) is 8.74. The molecule has 1 aromatic heterocycles. The van der Waals surface area contributed by atoms with Crippen molar-refractivity contribution in [3.05, 3.63) is 54.0 Å². The second kappa shape index (κ2) is 8.44. The molecule has 0 amide bonds. The van der Waals surface area contributed by atoms with Crippen LogP contribution in [0.15, 0.2) is 42.7 Å². The van der Waals surface area contributed by atoms with Gasteiger partial charge in [0.05, 0.1) is 5.75 Å². The second-order valence-electron chi connectivity index (χ2n) is 6.66. The van der Waals surface area contributed by atoms with Gasteiger partial charge in [-0.15, -0.1) is 0 Å². The molecule has 28 heavy (non-hydrogen) atoms. The van der Waals surface area contributed by atoms with Crippen molar-refractivity contribution in [1.29, 1.82) is 0 Å². The highest BCUT2D eigenvalue weighted by Crippen LogP contribution is 2.28. The van der Waals surface area contributed by atoms with Crippen LogP contribution in [0.2, 0.25) is 0 Å². The number of benzene rings is 1. The van der Waals surface area contributed by atoms with E-state index >= 15 is 0 Å². The van der Waals surface area contributed by atoms with Gasteiger partial charge in [-0.25, -0.2) is 22.7 Å². The summed E-state index contributed by atoms with van der Waals surface area (Å²) in [4.78, 5) is 7.05. The molecule has 0 aliphatic carbocycles. The van der Waals surface area contributed by atoms with E-state index in [1.165, 1.54) is 4.31 Å². The van der Waals surface area contributed by atoms with Crippen molar-refractivity contribution in [3.8, 4) is 0 Å². The lowest BCUT2D eigenvalue weighted by Gasteiger charge is -2.32. The largest absolute Gasteiger partial charge is 0.433 e. The average Bonchev–Trinajstić information content (AvgIpc) is 2.67. The molecular formula is C18H21F3N4O2S. The van der Waals surface area contributed by atoms with Gasteiger partial charge in [0, 0.05) is 25.2 Å². The number of piperidine rings is 1. The third-order valence-corrected chi connectivity index (χ3v) is 6.52. The molecule has 1 aliphatic heterocycles. The third-order valence-electron chi connectivity index (χ3n) is 4.65. The normalized spacial score (nSPS) is 16.8. The minimum absolute atomic E-state index is 0.0377. The van der Waals surface area contributed by atoms with Gasteiger partial charge >= 0.3 is 6.18 Å². The van der Waals surface area contributed by atoms with Crippen LogP contribution < -0.4 is 5.32 Å². The first kappa shape index (κ1) is 20.5. The summed E-state index contributed by atoms with van der Waals surface area (Å²) in [7, 11) is -3.37. The summed E-state index contributed by atoms with van der Waals surface area (Å²) in [6.07, 6.45) is -2.22. The molecule has 1 aromatic carbocycles. The van der Waals surface area contributed by atoms with Crippen LogP contribution in [0.3, 0.4) is 0 Å². The Bertz CT molecular complexity index is 883. The summed E-state index contributed by atoms with van der Waals surface area (Å²) in [5, 5.41) is 2.95. The van der Waals surface area contributed by atoms with Crippen LogP contribution in [0, 0.1) is 0 Å². The molecular weight excluding hydrogens is 393 g/mol. The van der Waals surface area contributed by atoms with Crippen molar-refractivity contribution < 1.29 is 21.6 Å². The van der Waals surface area contributed by atoms with Crippen LogP contribution in [-0.4, -0.2) is 47.6 Å². The van der Waals surface area contributed by atoms with Gasteiger partial charge in [0.25, 0.3) is 0 Å². The first-order valence-corrected chi connectivity index (χ1v) is 10.5. The Morgan fingerprint density at radius 2 is 1.79 bits per heavy atom. The monoisotopic (exact) mass is 414 g/mol. The van der Waals surface area contributed by atoms with Crippen LogP contribution in [-0.2, 0) is 22.6 Å². The molecule has 1 fully saturated rings. The molecule has 0 unspecified atom stereocenters. The molecule has 0 saturated carbocycles. The van der Waals surface area contributed by atoms with E-state index in [2.05, 4.69) is 15.3 Å². The topological polar surface area (TPSA) is 75.2 Å². The van der Waals surface area contributed by atoms with E-state index in [9.17, 15) is 21.6 Å². The van der Waals surface area contributed by atoms with E-state index in [0.29, 0.717) is 32.4 Å². The van der Waals surface area contributed by atoms with E-state index < -0.39 is 21.9 Å². The molecule has 0 atom stereocenters. The Kier molecular flexibility index (Phi) is 6.19. The molecule has 2 heterocycles. The molecule has 2 aromatic rings. The third kappa shape index (κ3) is 5.41. The van der Waals surface area contributed by atoms with E-state index in [-0.39, 0.29) is 17.6 Å². The maximum absolute atomic E-state index is 12.7. The van der Waals surface area contributed by atoms with E-state index in [0.717, 1.165) is 18.0 Å². The zero-order valence-corrected chi connectivity index (χ0v) is 15.9. The SMILES string of the molecule is O=S(=O)(CCc1ccccc1)N1CCC(Nc2cc(C(F)(F)F)ncn2)CC1. The summed E-state index contributed by atoms with van der Waals surface area (Å²) in [6.45, 7) is 0.651. The quantitative estimate of drug-likeness (QED) is 0.787. The number of nitrogens with zero attached hydrogens (tertiary/aromatic N) is 3. The van der Waals surface area contributed by atoms with E-state index in [4.69, 9.17) is 0 Å². The Hall–Kier alpha value is -2.20. The maximum atomic E-state index is 12.7. The average molecular weight is 414 g/mol. The van der Waals surface area contributed by atoms with Gasteiger partial charge in [-0.2, -0.15) is 13.2 Å². The van der Waals surface area contributed by atoms with Crippen LogP contribution in [0.5, 0.6) is 0 Å². The highest BCUT2D eigenvalue weighted by Gasteiger charge is 2.33. The highest BCUT2D eigenvalue weighted by molar-refractivity contribution is 7.89. The fraction of sp³-hybridized carbons (Fsp3) is 0.444.